The number of benzene rings is 2. The molecule has 3 aromatic rings. The Kier molecular flexibility index (Phi) is 5.00. The van der Waals surface area contributed by atoms with Crippen molar-refractivity contribution >= 4 is 17.6 Å². The van der Waals surface area contributed by atoms with E-state index in [0.717, 1.165) is 11.1 Å². The summed E-state index contributed by atoms with van der Waals surface area (Å²) >= 11 is 6.11. The second kappa shape index (κ2) is 7.36. The van der Waals surface area contributed by atoms with Crippen LogP contribution < -0.4 is 0 Å². The van der Waals surface area contributed by atoms with Crippen molar-refractivity contribution in [2.75, 3.05) is 6.61 Å². The zero-order chi connectivity index (χ0) is 17.8. The van der Waals surface area contributed by atoms with Crippen LogP contribution in [0.4, 0.5) is 0 Å². The van der Waals surface area contributed by atoms with Gasteiger partial charge in [-0.05, 0) is 36.2 Å². The standard InChI is InChI=1S/C20H16ClNO3/c1-2-25-20(24)17-10-6-9-16(22-17)18-14(11-12-15(21)19(18)23)13-7-4-3-5-8-13/h3-12,23H,2H2,1H3. The van der Waals surface area contributed by atoms with Gasteiger partial charge in [-0.15, -0.1) is 0 Å². The van der Waals surface area contributed by atoms with Crippen molar-refractivity contribution in [3.05, 3.63) is 71.4 Å². The number of aromatic hydroxyl groups is 1. The van der Waals surface area contributed by atoms with Crippen molar-refractivity contribution in [3.8, 4) is 28.1 Å². The first kappa shape index (κ1) is 17.0. The topological polar surface area (TPSA) is 59.4 Å². The maximum atomic E-state index is 12.0. The van der Waals surface area contributed by atoms with Gasteiger partial charge in [-0.3, -0.25) is 0 Å². The van der Waals surface area contributed by atoms with Crippen molar-refractivity contribution in [3.63, 3.8) is 0 Å². The summed E-state index contributed by atoms with van der Waals surface area (Å²) in [5, 5.41) is 10.8. The summed E-state index contributed by atoms with van der Waals surface area (Å²) in [6, 6.07) is 18.1. The highest BCUT2D eigenvalue weighted by molar-refractivity contribution is 6.32. The molecule has 4 nitrogen and oxygen atoms in total. The second-order valence-corrected chi connectivity index (χ2v) is 5.72. The van der Waals surface area contributed by atoms with E-state index < -0.39 is 5.97 Å². The van der Waals surface area contributed by atoms with Gasteiger partial charge in [0.25, 0.3) is 0 Å². The van der Waals surface area contributed by atoms with E-state index in [1.807, 2.05) is 36.4 Å². The minimum Gasteiger partial charge on any atom is -0.506 e. The number of carbonyl (C=O) groups is 1. The molecule has 0 radical (unpaired) electrons. The van der Waals surface area contributed by atoms with Gasteiger partial charge in [0, 0.05) is 0 Å². The monoisotopic (exact) mass is 353 g/mol. The zero-order valence-electron chi connectivity index (χ0n) is 13.6. The third-order valence-corrected chi connectivity index (χ3v) is 4.01. The second-order valence-electron chi connectivity index (χ2n) is 5.31. The number of phenolic OH excluding ortho intramolecular Hbond substituents is 1. The van der Waals surface area contributed by atoms with Crippen LogP contribution >= 0.6 is 11.6 Å². The molecule has 3 rings (SSSR count). The highest BCUT2D eigenvalue weighted by atomic mass is 35.5. The van der Waals surface area contributed by atoms with Crippen LogP contribution in [0.2, 0.25) is 5.02 Å². The smallest absolute Gasteiger partial charge is 0.356 e. The summed E-state index contributed by atoms with van der Waals surface area (Å²) in [7, 11) is 0. The van der Waals surface area contributed by atoms with Crippen LogP contribution in [0.25, 0.3) is 22.4 Å². The molecule has 0 saturated heterocycles. The number of hydrogen-bond acceptors (Lipinski definition) is 4. The molecule has 1 heterocycles. The number of carbonyl (C=O) groups excluding carboxylic acids is 1. The van der Waals surface area contributed by atoms with Crippen molar-refractivity contribution in [2.24, 2.45) is 0 Å². The third kappa shape index (κ3) is 3.49. The summed E-state index contributed by atoms with van der Waals surface area (Å²) < 4.78 is 5.00. The van der Waals surface area contributed by atoms with Gasteiger partial charge in [0.15, 0.2) is 0 Å². The number of halogens is 1. The lowest BCUT2D eigenvalue weighted by Crippen LogP contribution is -2.07. The Hall–Kier alpha value is -2.85. The normalized spacial score (nSPS) is 10.5. The van der Waals surface area contributed by atoms with E-state index in [4.69, 9.17) is 16.3 Å². The quantitative estimate of drug-likeness (QED) is 0.674. The third-order valence-electron chi connectivity index (χ3n) is 3.70. The Morgan fingerprint density at radius 2 is 1.84 bits per heavy atom. The van der Waals surface area contributed by atoms with Crippen LogP contribution in [0.5, 0.6) is 5.75 Å². The van der Waals surface area contributed by atoms with E-state index in [2.05, 4.69) is 4.98 Å². The molecule has 0 fully saturated rings. The van der Waals surface area contributed by atoms with Gasteiger partial charge in [0.1, 0.15) is 11.4 Å². The van der Waals surface area contributed by atoms with Gasteiger partial charge in [-0.2, -0.15) is 0 Å². The van der Waals surface area contributed by atoms with E-state index in [-0.39, 0.29) is 23.1 Å². The van der Waals surface area contributed by atoms with Crippen LogP contribution in [0, 0.1) is 0 Å². The maximum absolute atomic E-state index is 12.0. The molecule has 1 N–H and O–H groups in total. The molecule has 25 heavy (non-hydrogen) atoms. The first-order valence-corrected chi connectivity index (χ1v) is 8.21. The van der Waals surface area contributed by atoms with E-state index in [1.54, 1.807) is 31.2 Å². The lowest BCUT2D eigenvalue weighted by molar-refractivity contribution is 0.0519. The largest absolute Gasteiger partial charge is 0.506 e. The minimum atomic E-state index is -0.507. The van der Waals surface area contributed by atoms with Gasteiger partial charge < -0.3 is 9.84 Å². The molecule has 0 aliphatic carbocycles. The number of aromatic nitrogens is 1. The van der Waals surface area contributed by atoms with E-state index in [1.165, 1.54) is 0 Å². The van der Waals surface area contributed by atoms with Crippen LogP contribution in [-0.4, -0.2) is 22.7 Å². The number of esters is 1. The molecule has 0 amide bonds. The molecule has 0 aliphatic heterocycles. The molecule has 0 unspecified atom stereocenters. The number of ether oxygens (including phenoxy) is 1. The molecule has 0 saturated carbocycles. The summed E-state index contributed by atoms with van der Waals surface area (Å²) in [6.45, 7) is 2.00. The van der Waals surface area contributed by atoms with Crippen LogP contribution in [-0.2, 0) is 4.74 Å². The Balaban J connectivity index is 2.19. The zero-order valence-corrected chi connectivity index (χ0v) is 14.3. The molecule has 2 aromatic carbocycles. The molecule has 0 spiro atoms. The Morgan fingerprint density at radius 3 is 2.56 bits per heavy atom. The average molecular weight is 354 g/mol. The highest BCUT2D eigenvalue weighted by Crippen LogP contribution is 2.41. The van der Waals surface area contributed by atoms with E-state index >= 15 is 0 Å². The van der Waals surface area contributed by atoms with E-state index in [0.29, 0.717) is 11.3 Å². The first-order valence-electron chi connectivity index (χ1n) is 7.83. The van der Waals surface area contributed by atoms with Crippen molar-refractivity contribution in [2.45, 2.75) is 6.92 Å². The fourth-order valence-corrected chi connectivity index (χ4v) is 2.73. The molecule has 0 aliphatic rings. The molecule has 1 aromatic heterocycles. The first-order chi connectivity index (χ1) is 12.1. The fraction of sp³-hybridized carbons (Fsp3) is 0.100. The van der Waals surface area contributed by atoms with Crippen LogP contribution in [0.1, 0.15) is 17.4 Å². The molecular weight excluding hydrogens is 338 g/mol. The van der Waals surface area contributed by atoms with Crippen molar-refractivity contribution < 1.29 is 14.6 Å². The number of rotatable bonds is 4. The summed E-state index contributed by atoms with van der Waals surface area (Å²) in [5.74, 6) is -0.580. The summed E-state index contributed by atoms with van der Waals surface area (Å²) in [4.78, 5) is 16.3. The molecule has 126 valence electrons. The number of hydrogen-bond donors (Lipinski definition) is 1. The number of nitrogens with zero attached hydrogens (tertiary/aromatic N) is 1. The Labute approximate surface area is 150 Å². The Morgan fingerprint density at radius 1 is 1.08 bits per heavy atom. The predicted octanol–water partition coefficient (Wildman–Crippen LogP) is 4.95. The SMILES string of the molecule is CCOC(=O)c1cccc(-c2c(-c3ccccc3)ccc(Cl)c2O)n1. The number of pyridine rings is 1. The molecular formula is C20H16ClNO3. The van der Waals surface area contributed by atoms with Gasteiger partial charge in [-0.25, -0.2) is 9.78 Å². The lowest BCUT2D eigenvalue weighted by Gasteiger charge is -2.13. The number of phenols is 1. The van der Waals surface area contributed by atoms with Gasteiger partial charge >= 0.3 is 5.97 Å². The van der Waals surface area contributed by atoms with Gasteiger partial charge in [0.2, 0.25) is 0 Å². The van der Waals surface area contributed by atoms with E-state index in [9.17, 15) is 9.90 Å². The van der Waals surface area contributed by atoms with Gasteiger partial charge in [0.05, 0.1) is 22.9 Å². The molecule has 0 bridgehead atoms. The maximum Gasteiger partial charge on any atom is 0.356 e. The van der Waals surface area contributed by atoms with Crippen molar-refractivity contribution in [1.82, 2.24) is 4.98 Å². The predicted molar refractivity (Wildman–Crippen MR) is 97.7 cm³/mol. The van der Waals surface area contributed by atoms with Crippen LogP contribution in [0.3, 0.4) is 0 Å². The Bertz CT molecular complexity index is 910. The van der Waals surface area contributed by atoms with Gasteiger partial charge in [-0.1, -0.05) is 54.1 Å². The average Bonchev–Trinajstić information content (AvgIpc) is 2.65. The van der Waals surface area contributed by atoms with Crippen molar-refractivity contribution in [1.29, 1.82) is 0 Å². The summed E-state index contributed by atoms with van der Waals surface area (Å²) in [5.41, 5.74) is 2.79. The highest BCUT2D eigenvalue weighted by Gasteiger charge is 2.18. The molecule has 0 atom stereocenters. The minimum absolute atomic E-state index is 0.0727. The lowest BCUT2D eigenvalue weighted by atomic mass is 9.96. The van der Waals surface area contributed by atoms with Crippen LogP contribution in [0.15, 0.2) is 60.7 Å². The summed E-state index contributed by atoms with van der Waals surface area (Å²) in [6.07, 6.45) is 0. The molecule has 5 heteroatoms. The fourth-order valence-electron chi connectivity index (χ4n) is 2.58.